The van der Waals surface area contributed by atoms with Crippen LogP contribution in [0.25, 0.3) is 0 Å². The summed E-state index contributed by atoms with van der Waals surface area (Å²) in [5.41, 5.74) is 5.70. The molecule has 1 atom stereocenters. The molecule has 0 aromatic heterocycles. The number of oxime groups is 1. The van der Waals surface area contributed by atoms with Crippen LogP contribution < -0.4 is 11.1 Å². The van der Waals surface area contributed by atoms with Gasteiger partial charge in [0, 0.05) is 6.54 Å². The predicted molar refractivity (Wildman–Crippen MR) is 75.9 cm³/mol. The van der Waals surface area contributed by atoms with Crippen molar-refractivity contribution in [3.63, 3.8) is 0 Å². The lowest BCUT2D eigenvalue weighted by atomic mass is 9.78. The van der Waals surface area contributed by atoms with Crippen LogP contribution in [-0.4, -0.2) is 23.5 Å². The Kier molecular flexibility index (Phi) is 5.63. The number of hydrogen-bond acceptors (Lipinski definition) is 3. The third kappa shape index (κ3) is 4.40. The summed E-state index contributed by atoms with van der Waals surface area (Å²) in [7, 11) is 0. The highest BCUT2D eigenvalue weighted by Crippen LogP contribution is 2.42. The summed E-state index contributed by atoms with van der Waals surface area (Å²) < 4.78 is 0. The first-order valence-electron chi connectivity index (χ1n) is 7.15. The average Bonchev–Trinajstić information content (AvgIpc) is 2.82. The van der Waals surface area contributed by atoms with Gasteiger partial charge in [0.25, 0.3) is 0 Å². The second kappa shape index (κ2) is 6.78. The van der Waals surface area contributed by atoms with E-state index in [-0.39, 0.29) is 17.2 Å². The van der Waals surface area contributed by atoms with E-state index in [0.717, 1.165) is 6.42 Å². The number of nitrogens with two attached hydrogens (primary N) is 1. The molecule has 0 spiro atoms. The Balaban J connectivity index is 2.55. The van der Waals surface area contributed by atoms with Gasteiger partial charge in [-0.15, -0.1) is 0 Å². The molecule has 0 aliphatic heterocycles. The molecule has 110 valence electrons. The van der Waals surface area contributed by atoms with Crippen LogP contribution in [0.15, 0.2) is 5.16 Å². The number of rotatable bonds is 6. The van der Waals surface area contributed by atoms with E-state index in [1.54, 1.807) is 6.92 Å². The minimum absolute atomic E-state index is 0.0400. The van der Waals surface area contributed by atoms with Crippen molar-refractivity contribution in [1.29, 1.82) is 0 Å². The number of nitrogens with zero attached hydrogens (tertiary/aromatic N) is 1. The summed E-state index contributed by atoms with van der Waals surface area (Å²) in [6.45, 7) is 6.79. The molecule has 0 bridgehead atoms. The first-order valence-corrected chi connectivity index (χ1v) is 7.15. The summed E-state index contributed by atoms with van der Waals surface area (Å²) in [5, 5.41) is 14.4. The van der Waals surface area contributed by atoms with Gasteiger partial charge in [-0.1, -0.05) is 31.8 Å². The second-order valence-corrected chi connectivity index (χ2v) is 6.27. The van der Waals surface area contributed by atoms with Crippen molar-refractivity contribution in [3.05, 3.63) is 0 Å². The van der Waals surface area contributed by atoms with E-state index in [2.05, 4.69) is 24.3 Å². The minimum Gasteiger partial charge on any atom is -0.409 e. The van der Waals surface area contributed by atoms with E-state index in [1.165, 1.54) is 25.7 Å². The highest BCUT2D eigenvalue weighted by Gasteiger charge is 2.35. The zero-order valence-electron chi connectivity index (χ0n) is 12.3. The van der Waals surface area contributed by atoms with E-state index in [9.17, 15) is 4.79 Å². The summed E-state index contributed by atoms with van der Waals surface area (Å²) in [6, 6.07) is 0. The van der Waals surface area contributed by atoms with Crippen molar-refractivity contribution in [2.75, 3.05) is 6.54 Å². The molecule has 4 N–H and O–H groups in total. The molecule has 0 aromatic rings. The van der Waals surface area contributed by atoms with Gasteiger partial charge in [-0.3, -0.25) is 4.79 Å². The normalized spacial score (nSPS) is 20.5. The van der Waals surface area contributed by atoms with Crippen molar-refractivity contribution in [3.8, 4) is 0 Å². The molecule has 5 nitrogen and oxygen atoms in total. The van der Waals surface area contributed by atoms with Crippen molar-refractivity contribution >= 4 is 11.7 Å². The van der Waals surface area contributed by atoms with Crippen molar-refractivity contribution in [2.45, 2.75) is 52.9 Å². The fraction of sp³-hybridized carbons (Fsp3) is 0.857. The second-order valence-electron chi connectivity index (χ2n) is 6.27. The molecule has 1 aliphatic rings. The van der Waals surface area contributed by atoms with Crippen LogP contribution in [0, 0.1) is 17.3 Å². The molecule has 1 saturated carbocycles. The summed E-state index contributed by atoms with van der Waals surface area (Å²) in [4.78, 5) is 11.9. The Hall–Kier alpha value is -1.26. The van der Waals surface area contributed by atoms with Gasteiger partial charge in [0.15, 0.2) is 5.84 Å². The van der Waals surface area contributed by atoms with E-state index < -0.39 is 5.92 Å². The fourth-order valence-corrected chi connectivity index (χ4v) is 3.09. The first-order chi connectivity index (χ1) is 8.90. The Morgan fingerprint density at radius 2 is 1.95 bits per heavy atom. The maximum Gasteiger partial charge on any atom is 0.230 e. The van der Waals surface area contributed by atoms with E-state index in [1.807, 2.05) is 0 Å². The van der Waals surface area contributed by atoms with E-state index >= 15 is 0 Å². The molecule has 1 unspecified atom stereocenters. The number of carbonyl (C=O) groups is 1. The molecule has 5 heteroatoms. The van der Waals surface area contributed by atoms with Crippen LogP contribution >= 0.6 is 0 Å². The molecule has 1 amide bonds. The molecular weight excluding hydrogens is 242 g/mol. The minimum atomic E-state index is -0.581. The molecule has 1 fully saturated rings. The Morgan fingerprint density at radius 3 is 2.42 bits per heavy atom. The van der Waals surface area contributed by atoms with Gasteiger partial charge >= 0.3 is 0 Å². The van der Waals surface area contributed by atoms with Crippen LogP contribution in [-0.2, 0) is 4.79 Å². The van der Waals surface area contributed by atoms with E-state index in [0.29, 0.717) is 12.5 Å². The number of carbonyl (C=O) groups excluding carboxylic acids is 1. The third-order valence-corrected chi connectivity index (χ3v) is 4.10. The van der Waals surface area contributed by atoms with Gasteiger partial charge in [0.2, 0.25) is 5.91 Å². The number of amides is 1. The molecule has 0 saturated heterocycles. The van der Waals surface area contributed by atoms with Crippen LogP contribution in [0.4, 0.5) is 0 Å². The Morgan fingerprint density at radius 1 is 1.37 bits per heavy atom. The summed E-state index contributed by atoms with van der Waals surface area (Å²) in [6.07, 6.45) is 6.01. The SMILES string of the molecule is CC(C)CC1(CNC(=O)C(C)C(N)=NO)CCCC1. The lowest BCUT2D eigenvalue weighted by molar-refractivity contribution is -0.123. The highest BCUT2D eigenvalue weighted by molar-refractivity contribution is 6.01. The van der Waals surface area contributed by atoms with Gasteiger partial charge in [0.1, 0.15) is 0 Å². The predicted octanol–water partition coefficient (Wildman–Crippen LogP) is 2.09. The first kappa shape index (κ1) is 15.8. The molecule has 0 heterocycles. The Labute approximate surface area is 115 Å². The van der Waals surface area contributed by atoms with Gasteiger partial charge < -0.3 is 16.3 Å². The molecule has 19 heavy (non-hydrogen) atoms. The zero-order chi connectivity index (χ0) is 14.5. The number of amidine groups is 1. The largest absolute Gasteiger partial charge is 0.409 e. The van der Waals surface area contributed by atoms with Crippen LogP contribution in [0.3, 0.4) is 0 Å². The number of hydrogen-bond donors (Lipinski definition) is 3. The lowest BCUT2D eigenvalue weighted by Crippen LogP contribution is -2.42. The molecule has 0 radical (unpaired) electrons. The van der Waals surface area contributed by atoms with Crippen LogP contribution in [0.2, 0.25) is 0 Å². The maximum absolute atomic E-state index is 11.9. The van der Waals surface area contributed by atoms with Gasteiger partial charge in [-0.2, -0.15) is 0 Å². The van der Waals surface area contributed by atoms with Crippen LogP contribution in [0.5, 0.6) is 0 Å². The standard InChI is InChI=1S/C14H27N3O2/c1-10(2)8-14(6-4-5-7-14)9-16-13(18)11(3)12(15)17-19/h10-11,19H,4-9H2,1-3H3,(H2,15,17)(H,16,18). The molecular formula is C14H27N3O2. The van der Waals surface area contributed by atoms with Gasteiger partial charge in [-0.25, -0.2) is 0 Å². The van der Waals surface area contributed by atoms with E-state index in [4.69, 9.17) is 10.9 Å². The topological polar surface area (TPSA) is 87.7 Å². The monoisotopic (exact) mass is 269 g/mol. The maximum atomic E-state index is 11.9. The summed E-state index contributed by atoms with van der Waals surface area (Å²) >= 11 is 0. The number of nitrogens with one attached hydrogen (secondary N) is 1. The Bertz CT molecular complexity index is 334. The fourth-order valence-electron chi connectivity index (χ4n) is 3.09. The van der Waals surface area contributed by atoms with Gasteiger partial charge in [0.05, 0.1) is 5.92 Å². The quantitative estimate of drug-likeness (QED) is 0.298. The molecule has 1 rings (SSSR count). The highest BCUT2D eigenvalue weighted by atomic mass is 16.4. The van der Waals surface area contributed by atoms with Crippen LogP contribution in [0.1, 0.15) is 52.9 Å². The van der Waals surface area contributed by atoms with Crippen molar-refractivity contribution in [2.24, 2.45) is 28.1 Å². The smallest absolute Gasteiger partial charge is 0.230 e. The average molecular weight is 269 g/mol. The molecule has 0 aromatic carbocycles. The van der Waals surface area contributed by atoms with Crippen molar-refractivity contribution < 1.29 is 10.0 Å². The molecule has 1 aliphatic carbocycles. The lowest BCUT2D eigenvalue weighted by Gasteiger charge is -2.31. The van der Waals surface area contributed by atoms with Crippen molar-refractivity contribution in [1.82, 2.24) is 5.32 Å². The zero-order valence-corrected chi connectivity index (χ0v) is 12.3. The van der Waals surface area contributed by atoms with Gasteiger partial charge in [-0.05, 0) is 37.5 Å². The summed E-state index contributed by atoms with van der Waals surface area (Å²) in [5.74, 6) is -0.147. The third-order valence-electron chi connectivity index (χ3n) is 4.10.